The first-order valence-corrected chi connectivity index (χ1v) is 8.81. The van der Waals surface area contributed by atoms with Crippen LogP contribution in [0.25, 0.3) is 0 Å². The average Bonchev–Trinajstić information content (AvgIpc) is 3.00. The number of aryl methyl sites for hydroxylation is 1. The lowest BCUT2D eigenvalue weighted by molar-refractivity contribution is 0.101. The molecule has 3 rings (SSSR count). The Morgan fingerprint density at radius 2 is 1.81 bits per heavy atom. The molecule has 0 bridgehead atoms. The maximum absolute atomic E-state index is 12.8. The zero-order valence-electron chi connectivity index (χ0n) is 12.2. The van der Waals surface area contributed by atoms with Crippen LogP contribution < -0.4 is 4.31 Å². The molecule has 2 aliphatic rings. The van der Waals surface area contributed by atoms with Crippen LogP contribution in [0.5, 0.6) is 0 Å². The maximum atomic E-state index is 12.8. The number of anilines is 1. The smallest absolute Gasteiger partial charge is 0.295 e. The van der Waals surface area contributed by atoms with E-state index >= 15 is 0 Å². The molecular weight excluding hydrogens is 288 g/mol. The number of ketones is 1. The minimum Gasteiger partial charge on any atom is -0.295 e. The van der Waals surface area contributed by atoms with Crippen molar-refractivity contribution in [3.63, 3.8) is 0 Å². The molecule has 0 saturated carbocycles. The van der Waals surface area contributed by atoms with Crippen LogP contribution in [0.2, 0.25) is 0 Å². The molecule has 1 aromatic rings. The van der Waals surface area contributed by atoms with E-state index in [1.807, 2.05) is 6.07 Å². The number of rotatable bonds is 3. The molecule has 5 nitrogen and oxygen atoms in total. The van der Waals surface area contributed by atoms with E-state index in [-0.39, 0.29) is 5.78 Å². The Morgan fingerprint density at radius 1 is 1.10 bits per heavy atom. The molecule has 1 fully saturated rings. The van der Waals surface area contributed by atoms with Gasteiger partial charge >= 0.3 is 10.2 Å². The third-order valence-electron chi connectivity index (χ3n) is 4.23. The molecule has 0 amide bonds. The number of carbonyl (C=O) groups is 1. The zero-order chi connectivity index (χ0) is 15.0. The highest BCUT2D eigenvalue weighted by Gasteiger charge is 2.34. The van der Waals surface area contributed by atoms with Gasteiger partial charge in [0, 0.05) is 25.2 Å². The number of hydrogen-bond acceptors (Lipinski definition) is 3. The second-order valence-corrected chi connectivity index (χ2v) is 7.54. The number of carbonyl (C=O) groups excluding carboxylic acids is 1. The molecule has 2 heterocycles. The van der Waals surface area contributed by atoms with Gasteiger partial charge in [-0.15, -0.1) is 0 Å². The Morgan fingerprint density at radius 3 is 2.48 bits per heavy atom. The van der Waals surface area contributed by atoms with Crippen molar-refractivity contribution in [3.8, 4) is 0 Å². The Bertz CT molecular complexity index is 663. The van der Waals surface area contributed by atoms with Gasteiger partial charge in [0.1, 0.15) is 0 Å². The first-order chi connectivity index (χ1) is 10.00. The molecular formula is C15H20N2O3S. The van der Waals surface area contributed by atoms with Crippen LogP contribution in [0.15, 0.2) is 18.2 Å². The zero-order valence-corrected chi connectivity index (χ0v) is 13.0. The molecule has 1 aromatic carbocycles. The van der Waals surface area contributed by atoms with Crippen molar-refractivity contribution in [2.45, 2.75) is 32.6 Å². The molecule has 21 heavy (non-hydrogen) atoms. The molecule has 0 N–H and O–H groups in total. The Hall–Kier alpha value is -1.40. The van der Waals surface area contributed by atoms with Crippen molar-refractivity contribution in [1.82, 2.24) is 4.31 Å². The van der Waals surface area contributed by atoms with Crippen molar-refractivity contribution in [3.05, 3.63) is 29.3 Å². The van der Waals surface area contributed by atoms with E-state index in [1.54, 1.807) is 16.4 Å². The number of benzene rings is 1. The fourth-order valence-corrected chi connectivity index (χ4v) is 4.86. The van der Waals surface area contributed by atoms with Crippen LogP contribution in [0.1, 0.15) is 42.1 Å². The third kappa shape index (κ3) is 2.58. The lowest BCUT2D eigenvalue weighted by Crippen LogP contribution is -2.44. The highest BCUT2D eigenvalue weighted by Crippen LogP contribution is 2.32. The first kappa shape index (κ1) is 14.5. The monoisotopic (exact) mass is 308 g/mol. The molecule has 6 heteroatoms. The number of hydrogen-bond donors (Lipinski definition) is 0. The summed E-state index contributed by atoms with van der Waals surface area (Å²) in [7, 11) is -3.43. The highest BCUT2D eigenvalue weighted by atomic mass is 32.2. The predicted molar refractivity (Wildman–Crippen MR) is 81.8 cm³/mol. The lowest BCUT2D eigenvalue weighted by Gasteiger charge is -2.33. The standard InChI is InChI=1S/C15H20N2O3S/c1-12(18)13-6-7-15-14(11-13)5-4-10-17(15)21(19,20)16-8-2-3-9-16/h6-7,11H,2-5,8-10H2,1H3. The summed E-state index contributed by atoms with van der Waals surface area (Å²) in [4.78, 5) is 11.5. The van der Waals surface area contributed by atoms with E-state index in [9.17, 15) is 13.2 Å². The number of fused-ring (bicyclic) bond motifs is 1. The van der Waals surface area contributed by atoms with Gasteiger partial charge in [0.2, 0.25) is 0 Å². The van der Waals surface area contributed by atoms with Gasteiger partial charge in [-0.25, -0.2) is 0 Å². The quantitative estimate of drug-likeness (QED) is 0.802. The summed E-state index contributed by atoms with van der Waals surface area (Å²) in [6.07, 6.45) is 3.48. The second-order valence-electron chi connectivity index (χ2n) is 5.69. The van der Waals surface area contributed by atoms with Crippen LogP contribution in [0.4, 0.5) is 5.69 Å². The van der Waals surface area contributed by atoms with Gasteiger partial charge in [-0.2, -0.15) is 12.7 Å². The maximum Gasteiger partial charge on any atom is 0.304 e. The van der Waals surface area contributed by atoms with Crippen molar-refractivity contribution in [2.24, 2.45) is 0 Å². The van der Waals surface area contributed by atoms with Gasteiger partial charge in [0.25, 0.3) is 0 Å². The van der Waals surface area contributed by atoms with E-state index in [2.05, 4.69) is 0 Å². The largest absolute Gasteiger partial charge is 0.304 e. The Kier molecular flexibility index (Phi) is 3.75. The number of nitrogens with zero attached hydrogens (tertiary/aromatic N) is 2. The van der Waals surface area contributed by atoms with Gasteiger partial charge in [0.05, 0.1) is 5.69 Å². The van der Waals surface area contributed by atoms with Crippen molar-refractivity contribution < 1.29 is 13.2 Å². The van der Waals surface area contributed by atoms with Gasteiger partial charge in [-0.05, 0) is 56.4 Å². The highest BCUT2D eigenvalue weighted by molar-refractivity contribution is 7.90. The van der Waals surface area contributed by atoms with Crippen molar-refractivity contribution in [1.29, 1.82) is 0 Å². The van der Waals surface area contributed by atoms with E-state index in [1.165, 1.54) is 11.2 Å². The average molecular weight is 308 g/mol. The minimum atomic E-state index is -3.43. The molecule has 0 aliphatic carbocycles. The van der Waals surface area contributed by atoms with Crippen LogP contribution >= 0.6 is 0 Å². The first-order valence-electron chi connectivity index (χ1n) is 7.42. The van der Waals surface area contributed by atoms with E-state index in [0.717, 1.165) is 36.9 Å². The van der Waals surface area contributed by atoms with Crippen LogP contribution in [-0.4, -0.2) is 38.1 Å². The molecule has 0 unspecified atom stereocenters. The van der Waals surface area contributed by atoms with E-state index in [4.69, 9.17) is 0 Å². The molecule has 1 saturated heterocycles. The van der Waals surface area contributed by atoms with Gasteiger partial charge in [-0.1, -0.05) is 0 Å². The lowest BCUT2D eigenvalue weighted by atomic mass is 9.99. The van der Waals surface area contributed by atoms with Crippen LogP contribution in [-0.2, 0) is 16.6 Å². The summed E-state index contributed by atoms with van der Waals surface area (Å²) >= 11 is 0. The van der Waals surface area contributed by atoms with Crippen LogP contribution in [0.3, 0.4) is 0 Å². The SMILES string of the molecule is CC(=O)c1ccc2c(c1)CCCN2S(=O)(=O)N1CCCC1. The molecule has 0 aromatic heterocycles. The predicted octanol–water partition coefficient (Wildman–Crippen LogP) is 1.98. The fourth-order valence-electron chi connectivity index (χ4n) is 3.08. The summed E-state index contributed by atoms with van der Waals surface area (Å²) in [5.74, 6) is 0.0114. The summed E-state index contributed by atoms with van der Waals surface area (Å²) in [5.41, 5.74) is 2.34. The topological polar surface area (TPSA) is 57.7 Å². The summed E-state index contributed by atoms with van der Waals surface area (Å²) in [6, 6.07) is 5.33. The van der Waals surface area contributed by atoms with E-state index in [0.29, 0.717) is 25.2 Å². The van der Waals surface area contributed by atoms with Gasteiger partial charge < -0.3 is 0 Å². The normalized spacial score (nSPS) is 19.6. The van der Waals surface area contributed by atoms with Gasteiger partial charge in [-0.3, -0.25) is 9.10 Å². The third-order valence-corrected chi connectivity index (χ3v) is 6.19. The molecule has 0 radical (unpaired) electrons. The molecule has 2 aliphatic heterocycles. The van der Waals surface area contributed by atoms with E-state index < -0.39 is 10.2 Å². The minimum absolute atomic E-state index is 0.0114. The summed E-state index contributed by atoms with van der Waals surface area (Å²) in [6.45, 7) is 3.27. The second kappa shape index (κ2) is 5.42. The fraction of sp³-hybridized carbons (Fsp3) is 0.533. The van der Waals surface area contributed by atoms with Crippen molar-refractivity contribution >= 4 is 21.7 Å². The molecule has 0 atom stereocenters. The Labute approximate surface area is 125 Å². The Balaban J connectivity index is 1.98. The summed E-state index contributed by atoms with van der Waals surface area (Å²) < 4.78 is 28.6. The van der Waals surface area contributed by atoms with Gasteiger partial charge in [0.15, 0.2) is 5.78 Å². The van der Waals surface area contributed by atoms with Crippen LogP contribution in [0, 0.1) is 0 Å². The van der Waals surface area contributed by atoms with Crippen molar-refractivity contribution in [2.75, 3.05) is 23.9 Å². The number of Topliss-reactive ketones (excluding diaryl/α,β-unsaturated/α-hetero) is 1. The molecule has 0 spiro atoms. The molecule has 114 valence electrons. The summed E-state index contributed by atoms with van der Waals surface area (Å²) in [5, 5.41) is 0.